The van der Waals surface area contributed by atoms with Gasteiger partial charge in [0.05, 0.1) is 12.0 Å². The Labute approximate surface area is 117 Å². The number of carbonyl (C=O) groups is 2. The zero-order valence-electron chi connectivity index (χ0n) is 10.8. The molecule has 4 nitrogen and oxygen atoms in total. The molecule has 1 aromatic carbocycles. The molecular weight excluding hydrogens is 264 g/mol. The molecule has 1 aliphatic rings. The SMILES string of the molecule is CNC(=O)CNC(=O)C1(c2ccc(Cl)cc2)CCC1. The molecule has 0 unspecified atom stereocenters. The summed E-state index contributed by atoms with van der Waals surface area (Å²) in [6.45, 7) is 0.0185. The summed E-state index contributed by atoms with van der Waals surface area (Å²) < 4.78 is 0. The van der Waals surface area contributed by atoms with Gasteiger partial charge in [0.25, 0.3) is 0 Å². The third-order valence-corrected chi connectivity index (χ3v) is 3.98. The molecule has 102 valence electrons. The van der Waals surface area contributed by atoms with Crippen molar-refractivity contribution < 1.29 is 9.59 Å². The Kier molecular flexibility index (Phi) is 4.10. The van der Waals surface area contributed by atoms with Gasteiger partial charge in [-0.15, -0.1) is 0 Å². The van der Waals surface area contributed by atoms with Crippen LogP contribution in [0.1, 0.15) is 24.8 Å². The van der Waals surface area contributed by atoms with Gasteiger partial charge in [0.2, 0.25) is 11.8 Å². The predicted octanol–water partition coefficient (Wildman–Crippen LogP) is 1.62. The predicted molar refractivity (Wildman–Crippen MR) is 74.1 cm³/mol. The van der Waals surface area contributed by atoms with E-state index in [-0.39, 0.29) is 18.4 Å². The molecule has 0 saturated heterocycles. The van der Waals surface area contributed by atoms with Crippen molar-refractivity contribution in [2.24, 2.45) is 0 Å². The molecule has 19 heavy (non-hydrogen) atoms. The second-order valence-corrected chi connectivity index (χ2v) is 5.23. The third-order valence-electron chi connectivity index (χ3n) is 3.73. The van der Waals surface area contributed by atoms with E-state index in [0.717, 1.165) is 24.8 Å². The summed E-state index contributed by atoms with van der Waals surface area (Å²) >= 11 is 5.87. The number of carbonyl (C=O) groups excluding carboxylic acids is 2. The highest BCUT2D eigenvalue weighted by atomic mass is 35.5. The van der Waals surface area contributed by atoms with Gasteiger partial charge in [-0.2, -0.15) is 0 Å². The quantitative estimate of drug-likeness (QED) is 0.881. The molecule has 2 rings (SSSR count). The van der Waals surface area contributed by atoms with Gasteiger partial charge in [0.15, 0.2) is 0 Å². The standard InChI is InChI=1S/C14H17ClN2O2/c1-16-12(18)9-17-13(19)14(7-2-8-14)10-3-5-11(15)6-4-10/h3-6H,2,7-9H2,1H3,(H,16,18)(H,17,19). The molecule has 1 aliphatic carbocycles. The van der Waals surface area contributed by atoms with Crippen LogP contribution >= 0.6 is 11.6 Å². The Morgan fingerprint density at radius 1 is 1.26 bits per heavy atom. The number of benzene rings is 1. The molecule has 0 radical (unpaired) electrons. The van der Waals surface area contributed by atoms with Gasteiger partial charge in [0, 0.05) is 12.1 Å². The molecule has 2 amide bonds. The van der Waals surface area contributed by atoms with Gasteiger partial charge in [-0.3, -0.25) is 9.59 Å². The number of rotatable bonds is 4. The van der Waals surface area contributed by atoms with Crippen LogP contribution in [0.5, 0.6) is 0 Å². The maximum atomic E-state index is 12.3. The molecule has 0 aromatic heterocycles. The summed E-state index contributed by atoms with van der Waals surface area (Å²) in [7, 11) is 1.55. The fourth-order valence-corrected chi connectivity index (χ4v) is 2.49. The summed E-state index contributed by atoms with van der Waals surface area (Å²) in [5.41, 5.74) is 0.482. The Hall–Kier alpha value is -1.55. The van der Waals surface area contributed by atoms with Crippen LogP contribution in [0.4, 0.5) is 0 Å². The molecular formula is C14H17ClN2O2. The highest BCUT2D eigenvalue weighted by Crippen LogP contribution is 2.44. The zero-order valence-corrected chi connectivity index (χ0v) is 11.6. The van der Waals surface area contributed by atoms with E-state index in [2.05, 4.69) is 10.6 Å². The molecule has 0 spiro atoms. The van der Waals surface area contributed by atoms with Crippen LogP contribution in [0.25, 0.3) is 0 Å². The van der Waals surface area contributed by atoms with Gasteiger partial charge >= 0.3 is 0 Å². The average Bonchev–Trinajstić information content (AvgIpc) is 2.36. The largest absolute Gasteiger partial charge is 0.358 e. The lowest BCUT2D eigenvalue weighted by molar-refractivity contribution is -0.132. The monoisotopic (exact) mass is 280 g/mol. The third kappa shape index (κ3) is 2.73. The smallest absolute Gasteiger partial charge is 0.239 e. The van der Waals surface area contributed by atoms with E-state index in [9.17, 15) is 9.59 Å². The van der Waals surface area contributed by atoms with Crippen molar-refractivity contribution >= 4 is 23.4 Å². The van der Waals surface area contributed by atoms with Crippen LogP contribution in [-0.2, 0) is 15.0 Å². The summed E-state index contributed by atoms with van der Waals surface area (Å²) in [5.74, 6) is -0.274. The van der Waals surface area contributed by atoms with Gasteiger partial charge < -0.3 is 10.6 Å². The van der Waals surface area contributed by atoms with E-state index in [4.69, 9.17) is 11.6 Å². The van der Waals surface area contributed by atoms with E-state index < -0.39 is 5.41 Å². The number of halogens is 1. The Morgan fingerprint density at radius 3 is 2.37 bits per heavy atom. The van der Waals surface area contributed by atoms with Crippen molar-refractivity contribution in [3.8, 4) is 0 Å². The van der Waals surface area contributed by atoms with Crippen LogP contribution < -0.4 is 10.6 Å². The molecule has 0 atom stereocenters. The topological polar surface area (TPSA) is 58.2 Å². The summed E-state index contributed by atoms with van der Waals surface area (Å²) in [4.78, 5) is 23.5. The molecule has 0 bridgehead atoms. The Balaban J connectivity index is 2.11. The maximum absolute atomic E-state index is 12.3. The van der Waals surface area contributed by atoms with Crippen molar-refractivity contribution in [3.63, 3.8) is 0 Å². The van der Waals surface area contributed by atoms with Crippen LogP contribution in [-0.4, -0.2) is 25.4 Å². The highest BCUT2D eigenvalue weighted by molar-refractivity contribution is 6.30. The maximum Gasteiger partial charge on any atom is 0.239 e. The van der Waals surface area contributed by atoms with Crippen LogP contribution in [0.3, 0.4) is 0 Å². The van der Waals surface area contributed by atoms with Crippen LogP contribution in [0, 0.1) is 0 Å². The lowest BCUT2D eigenvalue weighted by atomic mass is 9.64. The van der Waals surface area contributed by atoms with Gasteiger partial charge in [-0.05, 0) is 30.5 Å². The molecule has 1 saturated carbocycles. The lowest BCUT2D eigenvalue weighted by Crippen LogP contribution is -2.51. The lowest BCUT2D eigenvalue weighted by Gasteiger charge is -2.40. The van der Waals surface area contributed by atoms with Crippen LogP contribution in [0.15, 0.2) is 24.3 Å². The minimum atomic E-state index is -0.487. The normalized spacial score (nSPS) is 16.3. The highest BCUT2D eigenvalue weighted by Gasteiger charge is 2.45. The van der Waals surface area contributed by atoms with Gasteiger partial charge in [0.1, 0.15) is 0 Å². The second kappa shape index (κ2) is 5.61. The number of hydrogen-bond donors (Lipinski definition) is 2. The van der Waals surface area contributed by atoms with E-state index >= 15 is 0 Å². The fraction of sp³-hybridized carbons (Fsp3) is 0.429. The van der Waals surface area contributed by atoms with E-state index in [1.807, 2.05) is 12.1 Å². The molecule has 5 heteroatoms. The fourth-order valence-electron chi connectivity index (χ4n) is 2.36. The Morgan fingerprint density at radius 2 is 1.89 bits per heavy atom. The molecule has 0 aliphatic heterocycles. The van der Waals surface area contributed by atoms with E-state index in [1.165, 1.54) is 0 Å². The van der Waals surface area contributed by atoms with E-state index in [0.29, 0.717) is 5.02 Å². The van der Waals surface area contributed by atoms with Crippen molar-refractivity contribution in [1.29, 1.82) is 0 Å². The van der Waals surface area contributed by atoms with Gasteiger partial charge in [-0.1, -0.05) is 30.2 Å². The minimum Gasteiger partial charge on any atom is -0.358 e. The summed E-state index contributed by atoms with van der Waals surface area (Å²) in [5, 5.41) is 5.85. The Bertz CT molecular complexity index is 481. The number of nitrogens with one attached hydrogen (secondary N) is 2. The van der Waals surface area contributed by atoms with Crippen molar-refractivity contribution in [3.05, 3.63) is 34.9 Å². The summed E-state index contributed by atoms with van der Waals surface area (Å²) in [6, 6.07) is 7.37. The van der Waals surface area contributed by atoms with Crippen molar-refractivity contribution in [2.45, 2.75) is 24.7 Å². The molecule has 2 N–H and O–H groups in total. The van der Waals surface area contributed by atoms with Crippen molar-refractivity contribution in [2.75, 3.05) is 13.6 Å². The zero-order chi connectivity index (χ0) is 13.9. The van der Waals surface area contributed by atoms with Crippen LogP contribution in [0.2, 0.25) is 5.02 Å². The number of likely N-dealkylation sites (N-methyl/N-ethyl adjacent to an activating group) is 1. The molecule has 0 heterocycles. The van der Waals surface area contributed by atoms with Gasteiger partial charge in [-0.25, -0.2) is 0 Å². The second-order valence-electron chi connectivity index (χ2n) is 4.80. The average molecular weight is 281 g/mol. The first-order valence-corrected chi connectivity index (χ1v) is 6.71. The first-order chi connectivity index (χ1) is 9.08. The molecule has 1 fully saturated rings. The number of amides is 2. The minimum absolute atomic E-state index is 0.0185. The first kappa shape index (κ1) is 13.9. The number of hydrogen-bond acceptors (Lipinski definition) is 2. The first-order valence-electron chi connectivity index (χ1n) is 6.33. The summed E-state index contributed by atoms with van der Waals surface area (Å²) in [6.07, 6.45) is 2.65. The van der Waals surface area contributed by atoms with Crippen molar-refractivity contribution in [1.82, 2.24) is 10.6 Å². The van der Waals surface area contributed by atoms with E-state index in [1.54, 1.807) is 19.2 Å². The molecule has 1 aromatic rings.